The van der Waals surface area contributed by atoms with Gasteiger partial charge in [-0.2, -0.15) is 0 Å². The molecule has 0 radical (unpaired) electrons. The molecule has 0 spiro atoms. The summed E-state index contributed by atoms with van der Waals surface area (Å²) in [7, 11) is 0. The fraction of sp³-hybridized carbons (Fsp3) is 1.00. The van der Waals surface area contributed by atoms with E-state index in [1.54, 1.807) is 0 Å². The predicted molar refractivity (Wildman–Crippen MR) is 71.9 cm³/mol. The topological polar surface area (TPSA) is 68.2 Å². The summed E-state index contributed by atoms with van der Waals surface area (Å²) in [6, 6.07) is 0. The van der Waals surface area contributed by atoms with Gasteiger partial charge in [0.2, 0.25) is 0 Å². The van der Waals surface area contributed by atoms with Crippen LogP contribution in [-0.2, 0) is 14.2 Å². The Balaban J connectivity index is 2.57. The number of aliphatic hydroxyl groups excluding tert-OH is 2. The molecule has 0 amide bonds. The Morgan fingerprint density at radius 3 is 2.00 bits per heavy atom. The molecular weight excluding hydrogens is 248 g/mol. The van der Waals surface area contributed by atoms with Crippen molar-refractivity contribution in [3.05, 3.63) is 0 Å². The Hall–Kier alpha value is -0.200. The van der Waals surface area contributed by atoms with E-state index in [0.29, 0.717) is 13.2 Å². The number of hydrogen-bond donors (Lipinski definition) is 2. The average molecular weight is 276 g/mol. The minimum absolute atomic E-state index is 0.290. The van der Waals surface area contributed by atoms with Gasteiger partial charge in [-0.05, 0) is 19.8 Å². The molecule has 0 aromatic heterocycles. The van der Waals surface area contributed by atoms with Crippen molar-refractivity contribution in [2.75, 3.05) is 13.2 Å². The first-order valence-electron chi connectivity index (χ1n) is 7.36. The number of rotatable bonds is 8. The fourth-order valence-electron chi connectivity index (χ4n) is 2.15. The van der Waals surface area contributed by atoms with Crippen LogP contribution in [0.4, 0.5) is 0 Å². The van der Waals surface area contributed by atoms with Gasteiger partial charge in [-0.3, -0.25) is 0 Å². The van der Waals surface area contributed by atoms with E-state index >= 15 is 0 Å². The third kappa shape index (κ3) is 5.00. The SMILES string of the molecule is CCCCOC1C(O)[C@@H](O)OC(C)[C@@H]1OCCCC. The van der Waals surface area contributed by atoms with E-state index in [1.807, 2.05) is 6.92 Å². The molecule has 5 heteroatoms. The summed E-state index contributed by atoms with van der Waals surface area (Å²) in [6.45, 7) is 7.19. The highest BCUT2D eigenvalue weighted by molar-refractivity contribution is 4.89. The average Bonchev–Trinajstić information content (AvgIpc) is 2.38. The highest BCUT2D eigenvalue weighted by atomic mass is 16.7. The van der Waals surface area contributed by atoms with Gasteiger partial charge in [0.25, 0.3) is 0 Å². The van der Waals surface area contributed by atoms with Crippen LogP contribution in [-0.4, -0.2) is 54.1 Å². The number of unbranched alkanes of at least 4 members (excludes halogenated alkanes) is 2. The van der Waals surface area contributed by atoms with Crippen LogP contribution in [0.2, 0.25) is 0 Å². The quantitative estimate of drug-likeness (QED) is 0.657. The second kappa shape index (κ2) is 8.87. The van der Waals surface area contributed by atoms with E-state index in [0.717, 1.165) is 25.7 Å². The molecule has 1 saturated heterocycles. The van der Waals surface area contributed by atoms with Crippen molar-refractivity contribution < 1.29 is 24.4 Å². The molecule has 3 unspecified atom stereocenters. The molecule has 1 heterocycles. The lowest BCUT2D eigenvalue weighted by molar-refractivity contribution is -0.293. The van der Waals surface area contributed by atoms with Crippen molar-refractivity contribution in [3.63, 3.8) is 0 Å². The van der Waals surface area contributed by atoms with E-state index in [2.05, 4.69) is 13.8 Å². The van der Waals surface area contributed by atoms with E-state index in [9.17, 15) is 10.2 Å². The highest BCUT2D eigenvalue weighted by Crippen LogP contribution is 2.25. The van der Waals surface area contributed by atoms with E-state index in [4.69, 9.17) is 14.2 Å². The van der Waals surface area contributed by atoms with Crippen LogP contribution in [0, 0.1) is 0 Å². The summed E-state index contributed by atoms with van der Waals surface area (Å²) in [5, 5.41) is 19.7. The summed E-state index contributed by atoms with van der Waals surface area (Å²) in [5.41, 5.74) is 0. The molecule has 1 rings (SSSR count). The summed E-state index contributed by atoms with van der Waals surface area (Å²) in [5.74, 6) is 0. The lowest BCUT2D eigenvalue weighted by Crippen LogP contribution is -2.58. The normalized spacial score (nSPS) is 35.5. The van der Waals surface area contributed by atoms with Crippen molar-refractivity contribution in [2.24, 2.45) is 0 Å². The van der Waals surface area contributed by atoms with Gasteiger partial charge in [-0.25, -0.2) is 0 Å². The Kier molecular flexibility index (Phi) is 7.87. The Bertz CT molecular complexity index is 236. The van der Waals surface area contributed by atoms with Gasteiger partial charge < -0.3 is 24.4 Å². The van der Waals surface area contributed by atoms with Gasteiger partial charge in [0.1, 0.15) is 18.3 Å². The Morgan fingerprint density at radius 2 is 1.47 bits per heavy atom. The molecule has 0 bridgehead atoms. The smallest absolute Gasteiger partial charge is 0.183 e. The number of aliphatic hydroxyl groups is 2. The predicted octanol–water partition coefficient (Wildman–Crippen LogP) is 1.45. The van der Waals surface area contributed by atoms with Crippen LogP contribution < -0.4 is 0 Å². The number of ether oxygens (including phenoxy) is 3. The maximum Gasteiger partial charge on any atom is 0.183 e. The molecule has 0 aromatic rings. The van der Waals surface area contributed by atoms with Crippen molar-refractivity contribution >= 4 is 0 Å². The van der Waals surface area contributed by atoms with Crippen molar-refractivity contribution in [2.45, 2.75) is 77.2 Å². The van der Waals surface area contributed by atoms with Crippen LogP contribution in [0.1, 0.15) is 46.5 Å². The largest absolute Gasteiger partial charge is 0.385 e. The summed E-state index contributed by atoms with van der Waals surface area (Å²) in [4.78, 5) is 0. The van der Waals surface area contributed by atoms with Gasteiger partial charge in [0.05, 0.1) is 6.10 Å². The molecule has 114 valence electrons. The highest BCUT2D eigenvalue weighted by Gasteiger charge is 2.44. The third-order valence-corrected chi connectivity index (χ3v) is 3.39. The maximum absolute atomic E-state index is 10.0. The van der Waals surface area contributed by atoms with Crippen molar-refractivity contribution in [3.8, 4) is 0 Å². The lowest BCUT2D eigenvalue weighted by atomic mass is 9.99. The zero-order chi connectivity index (χ0) is 14.3. The molecule has 1 fully saturated rings. The van der Waals surface area contributed by atoms with Crippen LogP contribution in [0.15, 0.2) is 0 Å². The van der Waals surface area contributed by atoms with Crippen LogP contribution in [0.3, 0.4) is 0 Å². The standard InChI is InChI=1S/C14H28O5/c1-4-6-8-17-12-10(3)19-14(16)11(15)13(12)18-9-7-5-2/h10-16H,4-9H2,1-3H3/t10?,11?,12-,13?,14-/m0/s1. The summed E-state index contributed by atoms with van der Waals surface area (Å²) >= 11 is 0. The zero-order valence-electron chi connectivity index (χ0n) is 12.2. The molecule has 5 atom stereocenters. The summed E-state index contributed by atoms with van der Waals surface area (Å²) in [6.07, 6.45) is 0.561. The van der Waals surface area contributed by atoms with Crippen molar-refractivity contribution in [1.29, 1.82) is 0 Å². The minimum atomic E-state index is -1.20. The zero-order valence-corrected chi connectivity index (χ0v) is 12.2. The monoisotopic (exact) mass is 276 g/mol. The first-order chi connectivity index (χ1) is 9.11. The van der Waals surface area contributed by atoms with Gasteiger partial charge in [-0.1, -0.05) is 26.7 Å². The first kappa shape index (κ1) is 16.9. The van der Waals surface area contributed by atoms with Gasteiger partial charge in [0.15, 0.2) is 6.29 Å². The van der Waals surface area contributed by atoms with E-state index in [1.165, 1.54) is 0 Å². The molecular formula is C14H28O5. The van der Waals surface area contributed by atoms with Crippen molar-refractivity contribution in [1.82, 2.24) is 0 Å². The second-order valence-corrected chi connectivity index (χ2v) is 5.10. The van der Waals surface area contributed by atoms with Gasteiger partial charge >= 0.3 is 0 Å². The van der Waals surface area contributed by atoms with E-state index < -0.39 is 18.5 Å². The molecule has 5 nitrogen and oxygen atoms in total. The molecule has 1 aliphatic rings. The molecule has 19 heavy (non-hydrogen) atoms. The Labute approximate surface area is 115 Å². The minimum Gasteiger partial charge on any atom is -0.385 e. The second-order valence-electron chi connectivity index (χ2n) is 5.10. The lowest BCUT2D eigenvalue weighted by Gasteiger charge is -2.41. The molecule has 0 aromatic carbocycles. The molecule has 1 aliphatic heterocycles. The third-order valence-electron chi connectivity index (χ3n) is 3.39. The Morgan fingerprint density at radius 1 is 0.947 bits per heavy atom. The number of hydrogen-bond acceptors (Lipinski definition) is 5. The van der Waals surface area contributed by atoms with Crippen LogP contribution >= 0.6 is 0 Å². The maximum atomic E-state index is 10.0. The first-order valence-corrected chi connectivity index (χ1v) is 7.36. The molecule has 2 N–H and O–H groups in total. The van der Waals surface area contributed by atoms with E-state index in [-0.39, 0.29) is 12.2 Å². The summed E-state index contributed by atoms with van der Waals surface area (Å²) < 4.78 is 16.8. The molecule has 0 aliphatic carbocycles. The van der Waals surface area contributed by atoms with Crippen LogP contribution in [0.5, 0.6) is 0 Å². The fourth-order valence-corrected chi connectivity index (χ4v) is 2.15. The van der Waals surface area contributed by atoms with Gasteiger partial charge in [-0.15, -0.1) is 0 Å². The van der Waals surface area contributed by atoms with Gasteiger partial charge in [0, 0.05) is 13.2 Å². The van der Waals surface area contributed by atoms with Crippen LogP contribution in [0.25, 0.3) is 0 Å². The molecule has 0 saturated carbocycles.